The van der Waals surface area contributed by atoms with E-state index in [0.29, 0.717) is 19.4 Å². The fourth-order valence-corrected chi connectivity index (χ4v) is 3.58. The molecule has 0 radical (unpaired) electrons. The summed E-state index contributed by atoms with van der Waals surface area (Å²) in [4.78, 5) is 26.7. The molecule has 124 valence electrons. The van der Waals surface area contributed by atoms with E-state index in [1.807, 2.05) is 6.92 Å². The number of likely N-dealkylation sites (tertiary alicyclic amines) is 1. The first kappa shape index (κ1) is 16.0. The van der Waals surface area contributed by atoms with Crippen LogP contribution in [0.1, 0.15) is 51.0 Å². The van der Waals surface area contributed by atoms with Crippen molar-refractivity contribution in [1.82, 2.24) is 10.2 Å². The van der Waals surface area contributed by atoms with Crippen molar-refractivity contribution in [3.63, 3.8) is 0 Å². The van der Waals surface area contributed by atoms with E-state index in [-0.39, 0.29) is 23.7 Å². The van der Waals surface area contributed by atoms with Gasteiger partial charge in [-0.1, -0.05) is 25.0 Å². The van der Waals surface area contributed by atoms with Crippen LogP contribution >= 0.6 is 0 Å². The molecule has 0 aromatic heterocycles. The zero-order chi connectivity index (χ0) is 16.4. The number of benzene rings is 1. The van der Waals surface area contributed by atoms with Gasteiger partial charge in [-0.15, -0.1) is 0 Å². The second-order valence-corrected chi connectivity index (χ2v) is 6.84. The standard InChI is InChI=1S/C18H23FN2O2/c1-18(17(23)20-15-4-2-3-5-15)11-10-16(22)21(18)12-13-6-8-14(19)9-7-13/h6-9,15H,2-5,10-12H2,1H3,(H,20,23). The van der Waals surface area contributed by atoms with Gasteiger partial charge in [0.15, 0.2) is 0 Å². The van der Waals surface area contributed by atoms with E-state index >= 15 is 0 Å². The van der Waals surface area contributed by atoms with Gasteiger partial charge in [-0.2, -0.15) is 0 Å². The van der Waals surface area contributed by atoms with Crippen molar-refractivity contribution in [2.45, 2.75) is 63.6 Å². The van der Waals surface area contributed by atoms with Gasteiger partial charge < -0.3 is 10.2 Å². The van der Waals surface area contributed by atoms with Crippen LogP contribution < -0.4 is 5.32 Å². The van der Waals surface area contributed by atoms with Crippen LogP contribution in [-0.4, -0.2) is 28.3 Å². The number of carbonyl (C=O) groups is 2. The summed E-state index contributed by atoms with van der Waals surface area (Å²) in [5.74, 6) is -0.376. The van der Waals surface area contributed by atoms with Crippen molar-refractivity contribution in [2.75, 3.05) is 0 Å². The molecule has 1 aromatic rings. The summed E-state index contributed by atoms with van der Waals surface area (Å²) >= 11 is 0. The summed E-state index contributed by atoms with van der Waals surface area (Å²) in [6, 6.07) is 6.33. The molecule has 1 aliphatic carbocycles. The number of amides is 2. The molecule has 1 N–H and O–H groups in total. The SMILES string of the molecule is CC1(C(=O)NC2CCCC2)CCC(=O)N1Cc1ccc(F)cc1. The van der Waals surface area contributed by atoms with Crippen LogP contribution in [-0.2, 0) is 16.1 Å². The number of hydrogen-bond acceptors (Lipinski definition) is 2. The number of nitrogens with one attached hydrogen (secondary N) is 1. The average molecular weight is 318 g/mol. The Morgan fingerprint density at radius 2 is 1.96 bits per heavy atom. The monoisotopic (exact) mass is 318 g/mol. The summed E-state index contributed by atoms with van der Waals surface area (Å²) in [5, 5.41) is 3.11. The fraction of sp³-hybridized carbons (Fsp3) is 0.556. The van der Waals surface area contributed by atoms with Crippen LogP contribution in [0.5, 0.6) is 0 Å². The Bertz CT molecular complexity index is 596. The van der Waals surface area contributed by atoms with Gasteiger partial charge in [0.05, 0.1) is 0 Å². The molecular formula is C18H23FN2O2. The second kappa shape index (κ2) is 6.30. The summed E-state index contributed by atoms with van der Waals surface area (Å²) in [6.45, 7) is 2.18. The quantitative estimate of drug-likeness (QED) is 0.928. The highest BCUT2D eigenvalue weighted by molar-refractivity contribution is 5.94. The van der Waals surface area contributed by atoms with E-state index in [1.54, 1.807) is 17.0 Å². The lowest BCUT2D eigenvalue weighted by Crippen LogP contribution is -2.55. The zero-order valence-corrected chi connectivity index (χ0v) is 13.5. The maximum atomic E-state index is 13.0. The Morgan fingerprint density at radius 3 is 2.61 bits per heavy atom. The molecule has 0 bridgehead atoms. The highest BCUT2D eigenvalue weighted by atomic mass is 19.1. The fourth-order valence-electron chi connectivity index (χ4n) is 3.58. The lowest BCUT2D eigenvalue weighted by Gasteiger charge is -2.35. The van der Waals surface area contributed by atoms with Crippen LogP contribution in [0, 0.1) is 5.82 Å². The predicted octanol–water partition coefficient (Wildman–Crippen LogP) is 2.77. The maximum absolute atomic E-state index is 13.0. The number of halogens is 1. The number of hydrogen-bond donors (Lipinski definition) is 1. The van der Waals surface area contributed by atoms with E-state index in [2.05, 4.69) is 5.32 Å². The highest BCUT2D eigenvalue weighted by Gasteiger charge is 2.47. The van der Waals surface area contributed by atoms with Gasteiger partial charge in [0, 0.05) is 19.0 Å². The first-order valence-electron chi connectivity index (χ1n) is 8.35. The Balaban J connectivity index is 1.74. The topological polar surface area (TPSA) is 49.4 Å². The highest BCUT2D eigenvalue weighted by Crippen LogP contribution is 2.32. The minimum atomic E-state index is -0.811. The minimum Gasteiger partial charge on any atom is -0.351 e. The van der Waals surface area contributed by atoms with E-state index in [1.165, 1.54) is 12.1 Å². The van der Waals surface area contributed by atoms with E-state index < -0.39 is 5.54 Å². The molecule has 2 fully saturated rings. The summed E-state index contributed by atoms with van der Waals surface area (Å²) in [6.07, 6.45) is 5.27. The largest absolute Gasteiger partial charge is 0.351 e. The Morgan fingerprint density at radius 1 is 1.30 bits per heavy atom. The molecule has 1 saturated heterocycles. The molecule has 3 rings (SSSR count). The molecule has 1 atom stereocenters. The normalized spacial score (nSPS) is 25.1. The van der Waals surface area contributed by atoms with E-state index in [0.717, 1.165) is 31.2 Å². The van der Waals surface area contributed by atoms with Crippen molar-refractivity contribution in [3.05, 3.63) is 35.6 Å². The molecule has 1 saturated carbocycles. The van der Waals surface area contributed by atoms with Gasteiger partial charge in [-0.3, -0.25) is 9.59 Å². The van der Waals surface area contributed by atoms with Crippen molar-refractivity contribution < 1.29 is 14.0 Å². The molecular weight excluding hydrogens is 295 g/mol. The summed E-state index contributed by atoms with van der Waals surface area (Å²) in [7, 11) is 0. The third kappa shape index (κ3) is 3.23. The average Bonchev–Trinajstić information content (AvgIpc) is 3.13. The molecule has 1 aromatic carbocycles. The van der Waals surface area contributed by atoms with E-state index in [4.69, 9.17) is 0 Å². The third-order valence-electron chi connectivity index (χ3n) is 5.16. The molecule has 0 spiro atoms. The second-order valence-electron chi connectivity index (χ2n) is 6.84. The predicted molar refractivity (Wildman–Crippen MR) is 85.0 cm³/mol. The third-order valence-corrected chi connectivity index (χ3v) is 5.16. The Labute approximate surface area is 136 Å². The molecule has 4 nitrogen and oxygen atoms in total. The minimum absolute atomic E-state index is 0.0154. The smallest absolute Gasteiger partial charge is 0.245 e. The molecule has 5 heteroatoms. The first-order chi connectivity index (χ1) is 11.0. The van der Waals surface area contributed by atoms with E-state index in [9.17, 15) is 14.0 Å². The first-order valence-corrected chi connectivity index (χ1v) is 8.35. The lowest BCUT2D eigenvalue weighted by molar-refractivity contribution is -0.141. The van der Waals surface area contributed by atoms with Gasteiger partial charge in [-0.25, -0.2) is 4.39 Å². The number of nitrogens with zero attached hydrogens (tertiary/aromatic N) is 1. The Hall–Kier alpha value is -1.91. The molecule has 1 unspecified atom stereocenters. The summed E-state index contributed by atoms with van der Waals surface area (Å²) < 4.78 is 13.0. The molecule has 2 aliphatic rings. The van der Waals surface area contributed by atoms with Crippen molar-refractivity contribution in [2.24, 2.45) is 0 Å². The number of carbonyl (C=O) groups excluding carboxylic acids is 2. The molecule has 23 heavy (non-hydrogen) atoms. The zero-order valence-electron chi connectivity index (χ0n) is 13.5. The van der Waals surface area contributed by atoms with Gasteiger partial charge in [0.1, 0.15) is 11.4 Å². The lowest BCUT2D eigenvalue weighted by atomic mass is 9.96. The van der Waals surface area contributed by atoms with Crippen molar-refractivity contribution >= 4 is 11.8 Å². The van der Waals surface area contributed by atoms with Crippen LogP contribution in [0.25, 0.3) is 0 Å². The van der Waals surface area contributed by atoms with Gasteiger partial charge in [0.25, 0.3) is 0 Å². The van der Waals surface area contributed by atoms with Crippen LogP contribution in [0.2, 0.25) is 0 Å². The molecule has 1 aliphatic heterocycles. The van der Waals surface area contributed by atoms with Gasteiger partial charge >= 0.3 is 0 Å². The van der Waals surface area contributed by atoms with Crippen LogP contribution in [0.15, 0.2) is 24.3 Å². The van der Waals surface area contributed by atoms with Crippen molar-refractivity contribution in [3.8, 4) is 0 Å². The van der Waals surface area contributed by atoms with Crippen molar-refractivity contribution in [1.29, 1.82) is 0 Å². The molecule has 1 heterocycles. The Kier molecular flexibility index (Phi) is 4.37. The summed E-state index contributed by atoms with van der Waals surface area (Å²) in [5.41, 5.74) is 0.0233. The molecule has 2 amide bonds. The van der Waals surface area contributed by atoms with Gasteiger partial charge in [0.2, 0.25) is 11.8 Å². The van der Waals surface area contributed by atoms with Crippen LogP contribution in [0.4, 0.5) is 4.39 Å². The van der Waals surface area contributed by atoms with Gasteiger partial charge in [-0.05, 0) is 43.9 Å². The number of rotatable bonds is 4. The van der Waals surface area contributed by atoms with Crippen LogP contribution in [0.3, 0.4) is 0 Å². The maximum Gasteiger partial charge on any atom is 0.245 e.